The molecule has 0 unspecified atom stereocenters. The number of esters is 1. The summed E-state index contributed by atoms with van der Waals surface area (Å²) in [5.74, 6) is 0.0677. The molecule has 1 aromatic rings. The monoisotopic (exact) mass is 339 g/mol. The smallest absolute Gasteiger partial charge is 0.341 e. The average Bonchev–Trinajstić information content (AvgIpc) is 2.55. The first kappa shape index (κ1) is 19.2. The largest absolute Gasteiger partial charge is 0.496 e. The zero-order valence-corrected chi connectivity index (χ0v) is 15.0. The Hall–Kier alpha value is -1.86. The van der Waals surface area contributed by atoms with Crippen molar-refractivity contribution < 1.29 is 14.3 Å². The molecule has 1 rings (SSSR count). The summed E-state index contributed by atoms with van der Waals surface area (Å²) in [7, 11) is 6.95. The Labute approximate surface area is 143 Å². The highest BCUT2D eigenvalue weighted by molar-refractivity contribution is 7.80. The molecule has 0 spiro atoms. The van der Waals surface area contributed by atoms with Gasteiger partial charge in [-0.2, -0.15) is 0 Å². The molecule has 0 aliphatic heterocycles. The van der Waals surface area contributed by atoms with Crippen LogP contribution in [0.15, 0.2) is 18.2 Å². The van der Waals surface area contributed by atoms with Crippen LogP contribution in [-0.4, -0.2) is 57.4 Å². The molecule has 0 saturated carbocycles. The van der Waals surface area contributed by atoms with E-state index in [9.17, 15) is 4.79 Å². The van der Waals surface area contributed by atoms with Crippen LogP contribution < -0.4 is 15.4 Å². The molecule has 2 N–H and O–H groups in total. The maximum absolute atomic E-state index is 11.7. The van der Waals surface area contributed by atoms with E-state index in [-0.39, 0.29) is 0 Å². The lowest BCUT2D eigenvalue weighted by atomic mass is 10.1. The summed E-state index contributed by atoms with van der Waals surface area (Å²) in [6, 6.07) is 5.37. The molecule has 0 aliphatic rings. The third kappa shape index (κ3) is 6.83. The van der Waals surface area contributed by atoms with Crippen LogP contribution >= 0.6 is 12.2 Å². The van der Waals surface area contributed by atoms with Gasteiger partial charge in [-0.05, 0) is 57.0 Å². The Kier molecular flexibility index (Phi) is 8.36. The number of benzene rings is 1. The highest BCUT2D eigenvalue weighted by Gasteiger charge is 2.13. The van der Waals surface area contributed by atoms with Gasteiger partial charge in [-0.1, -0.05) is 6.07 Å². The Morgan fingerprint density at radius 2 is 2.00 bits per heavy atom. The predicted molar refractivity (Wildman–Crippen MR) is 94.9 cm³/mol. The molecule has 0 amide bonds. The maximum Gasteiger partial charge on any atom is 0.341 e. The zero-order valence-electron chi connectivity index (χ0n) is 14.1. The van der Waals surface area contributed by atoms with Gasteiger partial charge in [0.25, 0.3) is 0 Å². The molecular weight excluding hydrogens is 314 g/mol. The number of methoxy groups -OCH3 is 2. The fourth-order valence-electron chi connectivity index (χ4n) is 1.98. The normalized spacial score (nSPS) is 10.3. The van der Waals surface area contributed by atoms with Crippen molar-refractivity contribution in [1.29, 1.82) is 0 Å². The highest BCUT2D eigenvalue weighted by atomic mass is 32.1. The van der Waals surface area contributed by atoms with Crippen molar-refractivity contribution >= 4 is 23.3 Å². The number of nitrogens with zero attached hydrogens (tertiary/aromatic N) is 1. The second-order valence-corrected chi connectivity index (χ2v) is 5.70. The van der Waals surface area contributed by atoms with Crippen molar-refractivity contribution in [1.82, 2.24) is 15.5 Å². The lowest BCUT2D eigenvalue weighted by Gasteiger charge is -2.13. The van der Waals surface area contributed by atoms with Crippen molar-refractivity contribution in [3.63, 3.8) is 0 Å². The SMILES string of the molecule is COC(=O)c1cc(CNC(=S)NCCCN(C)C)ccc1OC. The van der Waals surface area contributed by atoms with E-state index in [1.54, 1.807) is 12.1 Å². The molecular formula is C16H25N3O3S. The van der Waals surface area contributed by atoms with Crippen LogP contribution in [0.25, 0.3) is 0 Å². The van der Waals surface area contributed by atoms with Crippen molar-refractivity contribution in [3.05, 3.63) is 29.3 Å². The van der Waals surface area contributed by atoms with E-state index in [4.69, 9.17) is 21.7 Å². The Morgan fingerprint density at radius 3 is 2.61 bits per heavy atom. The topological polar surface area (TPSA) is 62.8 Å². The molecule has 0 saturated heterocycles. The molecule has 7 heteroatoms. The van der Waals surface area contributed by atoms with Gasteiger partial charge < -0.3 is 25.0 Å². The highest BCUT2D eigenvalue weighted by Crippen LogP contribution is 2.20. The van der Waals surface area contributed by atoms with Crippen molar-refractivity contribution in [2.24, 2.45) is 0 Å². The maximum atomic E-state index is 11.7. The molecule has 0 radical (unpaired) electrons. The quantitative estimate of drug-likeness (QED) is 0.422. The van der Waals surface area contributed by atoms with E-state index < -0.39 is 5.97 Å². The molecule has 0 fully saturated rings. The van der Waals surface area contributed by atoms with Crippen LogP contribution in [-0.2, 0) is 11.3 Å². The molecule has 0 atom stereocenters. The summed E-state index contributed by atoms with van der Waals surface area (Å²) in [5.41, 5.74) is 1.32. The molecule has 0 aromatic heterocycles. The van der Waals surface area contributed by atoms with Gasteiger partial charge in [0.15, 0.2) is 5.11 Å². The standard InChI is InChI=1S/C16H25N3O3S/c1-19(2)9-5-8-17-16(23)18-11-12-6-7-14(21-3)13(10-12)15(20)22-4/h6-7,10H,5,8-9,11H2,1-4H3,(H2,17,18,23). The molecule has 0 bridgehead atoms. The van der Waals surface area contributed by atoms with Crippen LogP contribution in [0.3, 0.4) is 0 Å². The lowest BCUT2D eigenvalue weighted by Crippen LogP contribution is -2.36. The minimum Gasteiger partial charge on any atom is -0.496 e. The van der Waals surface area contributed by atoms with Crippen molar-refractivity contribution in [2.45, 2.75) is 13.0 Å². The van der Waals surface area contributed by atoms with Crippen molar-refractivity contribution in [3.8, 4) is 5.75 Å². The first-order valence-corrected chi connectivity index (χ1v) is 7.80. The van der Waals surface area contributed by atoms with Gasteiger partial charge in [0.1, 0.15) is 11.3 Å². The second kappa shape index (κ2) is 10.0. The van der Waals surface area contributed by atoms with Crippen LogP contribution in [0.5, 0.6) is 5.75 Å². The third-order valence-electron chi connectivity index (χ3n) is 3.19. The van der Waals surface area contributed by atoms with E-state index in [1.807, 2.05) is 20.2 Å². The molecule has 6 nitrogen and oxygen atoms in total. The third-order valence-corrected chi connectivity index (χ3v) is 3.48. The molecule has 1 aromatic carbocycles. The fraction of sp³-hybridized carbons (Fsp3) is 0.500. The van der Waals surface area contributed by atoms with Gasteiger partial charge >= 0.3 is 5.97 Å². The fourth-order valence-corrected chi connectivity index (χ4v) is 2.15. The summed E-state index contributed by atoms with van der Waals surface area (Å²) in [6.07, 6.45) is 1.02. The number of rotatable bonds is 8. The van der Waals surface area contributed by atoms with E-state index in [0.717, 1.165) is 25.1 Å². The molecule has 0 heterocycles. The predicted octanol–water partition coefficient (Wildman–Crippen LogP) is 1.40. The minimum atomic E-state index is -0.423. The van der Waals surface area contributed by atoms with E-state index >= 15 is 0 Å². The van der Waals surface area contributed by atoms with Gasteiger partial charge in [-0.15, -0.1) is 0 Å². The number of nitrogens with one attached hydrogen (secondary N) is 2. The Morgan fingerprint density at radius 1 is 1.26 bits per heavy atom. The first-order valence-electron chi connectivity index (χ1n) is 7.39. The van der Waals surface area contributed by atoms with Crippen LogP contribution in [0.1, 0.15) is 22.3 Å². The average molecular weight is 339 g/mol. The Balaban J connectivity index is 2.51. The van der Waals surface area contributed by atoms with E-state index in [2.05, 4.69) is 15.5 Å². The summed E-state index contributed by atoms with van der Waals surface area (Å²) < 4.78 is 9.93. The van der Waals surface area contributed by atoms with Crippen LogP contribution in [0, 0.1) is 0 Å². The molecule has 0 aliphatic carbocycles. The minimum absolute atomic E-state index is 0.402. The first-order chi connectivity index (χ1) is 11.0. The number of thiocarbonyl (C=S) groups is 1. The molecule has 23 heavy (non-hydrogen) atoms. The Bertz CT molecular complexity index is 535. The van der Waals surface area contributed by atoms with Crippen LogP contribution in [0.2, 0.25) is 0 Å². The van der Waals surface area contributed by atoms with Crippen molar-refractivity contribution in [2.75, 3.05) is 41.4 Å². The number of carbonyl (C=O) groups is 1. The lowest BCUT2D eigenvalue weighted by molar-refractivity contribution is 0.0597. The van der Waals surface area contributed by atoms with Gasteiger partial charge in [0.2, 0.25) is 0 Å². The number of hydrogen-bond donors (Lipinski definition) is 2. The number of hydrogen-bond acceptors (Lipinski definition) is 5. The zero-order chi connectivity index (χ0) is 17.2. The van der Waals surface area contributed by atoms with Gasteiger partial charge in [0, 0.05) is 13.1 Å². The van der Waals surface area contributed by atoms with Gasteiger partial charge in [-0.3, -0.25) is 0 Å². The summed E-state index contributed by atoms with van der Waals surface area (Å²) in [5, 5.41) is 6.88. The van der Waals surface area contributed by atoms with Crippen LogP contribution in [0.4, 0.5) is 0 Å². The second-order valence-electron chi connectivity index (χ2n) is 5.29. The molecule has 128 valence electrons. The summed E-state index contributed by atoms with van der Waals surface area (Å²) in [4.78, 5) is 13.9. The summed E-state index contributed by atoms with van der Waals surface area (Å²) >= 11 is 5.24. The van der Waals surface area contributed by atoms with E-state index in [1.165, 1.54) is 14.2 Å². The summed E-state index contributed by atoms with van der Waals surface area (Å²) in [6.45, 7) is 2.35. The number of ether oxygens (including phenoxy) is 2. The number of carbonyl (C=O) groups excluding carboxylic acids is 1. The van der Waals surface area contributed by atoms with Gasteiger partial charge in [0.05, 0.1) is 14.2 Å². The van der Waals surface area contributed by atoms with E-state index in [0.29, 0.717) is 23.0 Å². The van der Waals surface area contributed by atoms with Gasteiger partial charge in [-0.25, -0.2) is 4.79 Å².